The lowest BCUT2D eigenvalue weighted by molar-refractivity contribution is 1.05. The molecule has 106 valence electrons. The summed E-state index contributed by atoms with van der Waals surface area (Å²) in [5.74, 6) is 0. The van der Waals surface area contributed by atoms with Gasteiger partial charge in [0, 0.05) is 5.69 Å². The number of hydrazone groups is 1. The third-order valence-electron chi connectivity index (χ3n) is 2.66. The van der Waals surface area contributed by atoms with Gasteiger partial charge < -0.3 is 5.32 Å². The van der Waals surface area contributed by atoms with Crippen molar-refractivity contribution in [1.29, 1.82) is 0 Å². The summed E-state index contributed by atoms with van der Waals surface area (Å²) in [6.45, 7) is 1.99. The van der Waals surface area contributed by atoms with Crippen LogP contribution in [0.2, 0.25) is 0 Å². The van der Waals surface area contributed by atoms with Gasteiger partial charge in [0.2, 0.25) is 0 Å². The molecule has 0 fully saturated rings. The third-order valence-corrected chi connectivity index (χ3v) is 2.85. The van der Waals surface area contributed by atoms with Crippen molar-refractivity contribution in [3.8, 4) is 0 Å². The van der Waals surface area contributed by atoms with Crippen LogP contribution in [0.1, 0.15) is 12.5 Å². The standard InChI is InChI=1S/C17H17N3S/c1-14(12-15-8-4-2-5-9-15)13-18-20-17(21)19-16-10-6-3-7-11-16/h2-13H,1H3,(H2,19,20,21). The molecule has 2 rings (SSSR count). The van der Waals surface area contributed by atoms with E-state index >= 15 is 0 Å². The predicted octanol–water partition coefficient (Wildman–Crippen LogP) is 4.06. The Balaban J connectivity index is 1.84. The molecule has 0 aliphatic heterocycles. The molecule has 0 saturated carbocycles. The number of para-hydroxylation sites is 1. The smallest absolute Gasteiger partial charge is 0.191 e. The van der Waals surface area contributed by atoms with Crippen molar-refractivity contribution < 1.29 is 0 Å². The summed E-state index contributed by atoms with van der Waals surface area (Å²) in [6.07, 6.45) is 3.80. The zero-order chi connectivity index (χ0) is 14.9. The van der Waals surface area contributed by atoms with Crippen LogP contribution in [-0.2, 0) is 0 Å². The minimum absolute atomic E-state index is 0.463. The molecule has 0 saturated heterocycles. The molecular weight excluding hydrogens is 278 g/mol. The number of thiocarbonyl (C=S) groups is 1. The molecule has 2 aromatic rings. The lowest BCUT2D eigenvalue weighted by atomic mass is 10.1. The van der Waals surface area contributed by atoms with E-state index in [1.54, 1.807) is 6.21 Å². The van der Waals surface area contributed by atoms with E-state index in [0.29, 0.717) is 5.11 Å². The minimum Gasteiger partial charge on any atom is -0.331 e. The average Bonchev–Trinajstić information content (AvgIpc) is 2.49. The molecular formula is C17H17N3S. The molecule has 0 heterocycles. The highest BCUT2D eigenvalue weighted by Crippen LogP contribution is 2.05. The van der Waals surface area contributed by atoms with Gasteiger partial charge >= 0.3 is 0 Å². The van der Waals surface area contributed by atoms with E-state index in [9.17, 15) is 0 Å². The van der Waals surface area contributed by atoms with Crippen molar-refractivity contribution in [1.82, 2.24) is 5.43 Å². The summed E-state index contributed by atoms with van der Waals surface area (Å²) in [7, 11) is 0. The second-order valence-electron chi connectivity index (χ2n) is 4.49. The largest absolute Gasteiger partial charge is 0.331 e. The maximum atomic E-state index is 5.16. The van der Waals surface area contributed by atoms with Crippen LogP contribution < -0.4 is 10.7 Å². The molecule has 2 N–H and O–H groups in total. The van der Waals surface area contributed by atoms with E-state index in [2.05, 4.69) is 21.9 Å². The number of rotatable bonds is 4. The Bertz CT molecular complexity index is 634. The maximum Gasteiger partial charge on any atom is 0.191 e. The number of hydrogen-bond donors (Lipinski definition) is 2. The Morgan fingerprint density at radius 3 is 2.29 bits per heavy atom. The van der Waals surface area contributed by atoms with Crippen molar-refractivity contribution >= 4 is 35.3 Å². The molecule has 0 bridgehead atoms. The molecule has 0 spiro atoms. The normalized spacial score (nSPS) is 11.4. The Hall–Kier alpha value is -2.46. The van der Waals surface area contributed by atoms with Crippen LogP contribution in [-0.4, -0.2) is 11.3 Å². The van der Waals surface area contributed by atoms with E-state index in [0.717, 1.165) is 16.8 Å². The number of hydrogen-bond acceptors (Lipinski definition) is 2. The van der Waals surface area contributed by atoms with E-state index in [-0.39, 0.29) is 0 Å². The predicted molar refractivity (Wildman–Crippen MR) is 94.4 cm³/mol. The first-order valence-corrected chi connectivity index (χ1v) is 7.03. The topological polar surface area (TPSA) is 36.4 Å². The molecule has 0 aliphatic carbocycles. The number of benzene rings is 2. The van der Waals surface area contributed by atoms with Crippen molar-refractivity contribution in [2.24, 2.45) is 5.10 Å². The maximum absolute atomic E-state index is 5.16. The fourth-order valence-electron chi connectivity index (χ4n) is 1.72. The SMILES string of the molecule is CC(C=NNC(=S)Nc1ccccc1)=Cc1ccccc1. The van der Waals surface area contributed by atoms with Gasteiger partial charge in [-0.15, -0.1) is 0 Å². The summed E-state index contributed by atoms with van der Waals surface area (Å²) in [5, 5.41) is 7.63. The minimum atomic E-state index is 0.463. The van der Waals surface area contributed by atoms with Gasteiger partial charge in [0.25, 0.3) is 0 Å². The van der Waals surface area contributed by atoms with Gasteiger partial charge in [-0.1, -0.05) is 54.6 Å². The second-order valence-corrected chi connectivity index (χ2v) is 4.90. The average molecular weight is 295 g/mol. The lowest BCUT2D eigenvalue weighted by Crippen LogP contribution is -2.23. The van der Waals surface area contributed by atoms with Crippen LogP contribution in [0.25, 0.3) is 6.08 Å². The number of anilines is 1. The quantitative estimate of drug-likeness (QED) is 0.507. The molecule has 0 aromatic heterocycles. The van der Waals surface area contributed by atoms with Crippen molar-refractivity contribution in [2.75, 3.05) is 5.32 Å². The monoisotopic (exact) mass is 295 g/mol. The van der Waals surface area contributed by atoms with Gasteiger partial charge in [-0.2, -0.15) is 5.10 Å². The first-order valence-electron chi connectivity index (χ1n) is 6.62. The third kappa shape index (κ3) is 5.58. The lowest BCUT2D eigenvalue weighted by Gasteiger charge is -2.06. The highest BCUT2D eigenvalue weighted by atomic mass is 32.1. The Morgan fingerprint density at radius 1 is 1.00 bits per heavy atom. The number of nitrogens with zero attached hydrogens (tertiary/aromatic N) is 1. The van der Waals surface area contributed by atoms with Crippen molar-refractivity contribution in [3.05, 3.63) is 71.8 Å². The van der Waals surface area contributed by atoms with Gasteiger partial charge in [0.1, 0.15) is 0 Å². The Labute approximate surface area is 130 Å². The summed E-state index contributed by atoms with van der Waals surface area (Å²) in [6, 6.07) is 19.8. The Morgan fingerprint density at radius 2 is 1.62 bits per heavy atom. The molecule has 2 aromatic carbocycles. The van der Waals surface area contributed by atoms with Crippen LogP contribution in [0.4, 0.5) is 5.69 Å². The van der Waals surface area contributed by atoms with E-state index in [4.69, 9.17) is 12.2 Å². The molecule has 4 heteroatoms. The van der Waals surface area contributed by atoms with Crippen LogP contribution in [0.5, 0.6) is 0 Å². The fourth-order valence-corrected chi connectivity index (χ4v) is 1.89. The van der Waals surface area contributed by atoms with Gasteiger partial charge in [0.15, 0.2) is 5.11 Å². The molecule has 0 aliphatic rings. The van der Waals surface area contributed by atoms with Crippen molar-refractivity contribution in [2.45, 2.75) is 6.92 Å². The zero-order valence-corrected chi connectivity index (χ0v) is 12.6. The molecule has 0 radical (unpaired) electrons. The Kier molecular flexibility index (Phi) is 5.67. The fraction of sp³-hybridized carbons (Fsp3) is 0.0588. The summed E-state index contributed by atoms with van der Waals surface area (Å²) < 4.78 is 0. The van der Waals surface area contributed by atoms with E-state index in [1.165, 1.54) is 0 Å². The molecule has 0 amide bonds. The molecule has 0 unspecified atom stereocenters. The van der Waals surface area contributed by atoms with E-state index < -0.39 is 0 Å². The molecule has 21 heavy (non-hydrogen) atoms. The van der Waals surface area contributed by atoms with Gasteiger partial charge in [-0.25, -0.2) is 0 Å². The van der Waals surface area contributed by atoms with E-state index in [1.807, 2.05) is 67.6 Å². The summed E-state index contributed by atoms with van der Waals surface area (Å²) in [4.78, 5) is 0. The second kappa shape index (κ2) is 7.97. The van der Waals surface area contributed by atoms with Crippen LogP contribution in [0.3, 0.4) is 0 Å². The number of allylic oxidation sites excluding steroid dienone is 1. The molecule has 3 nitrogen and oxygen atoms in total. The van der Waals surface area contributed by atoms with Crippen molar-refractivity contribution in [3.63, 3.8) is 0 Å². The van der Waals surface area contributed by atoms with Crippen LogP contribution in [0, 0.1) is 0 Å². The summed E-state index contributed by atoms with van der Waals surface area (Å²) >= 11 is 5.16. The van der Waals surface area contributed by atoms with Crippen LogP contribution >= 0.6 is 12.2 Å². The first-order chi connectivity index (χ1) is 10.2. The van der Waals surface area contributed by atoms with Gasteiger partial charge in [-0.3, -0.25) is 5.43 Å². The summed E-state index contributed by atoms with van der Waals surface area (Å²) in [5.41, 5.74) is 5.91. The number of nitrogens with one attached hydrogen (secondary N) is 2. The molecule has 0 atom stereocenters. The highest BCUT2D eigenvalue weighted by Gasteiger charge is 1.94. The first kappa shape index (κ1) is 14.9. The van der Waals surface area contributed by atoms with Crippen LogP contribution in [0.15, 0.2) is 71.3 Å². The zero-order valence-electron chi connectivity index (χ0n) is 11.8. The van der Waals surface area contributed by atoms with Gasteiger partial charge in [-0.05, 0) is 42.4 Å². The highest BCUT2D eigenvalue weighted by molar-refractivity contribution is 7.80. The van der Waals surface area contributed by atoms with Gasteiger partial charge in [0.05, 0.1) is 6.21 Å².